The Kier molecular flexibility index (Phi) is 4.96. The maximum Gasteiger partial charge on any atom is 0.137 e. The third-order valence-corrected chi connectivity index (χ3v) is 9.24. The van der Waals surface area contributed by atoms with Crippen LogP contribution in [0.25, 0.3) is 82.7 Å². The Labute approximate surface area is 258 Å². The molecule has 0 amide bonds. The van der Waals surface area contributed by atoms with Gasteiger partial charge < -0.3 is 13.5 Å². The van der Waals surface area contributed by atoms with Crippen molar-refractivity contribution in [2.45, 2.75) is 0 Å². The number of para-hydroxylation sites is 3. The summed E-state index contributed by atoms with van der Waals surface area (Å²) in [6, 6.07) is 52.3. The van der Waals surface area contributed by atoms with Crippen LogP contribution < -0.4 is 0 Å². The average molecular weight is 575 g/mol. The second kappa shape index (κ2) is 9.18. The summed E-state index contributed by atoms with van der Waals surface area (Å²) in [7, 11) is 0. The van der Waals surface area contributed by atoms with Gasteiger partial charge in [0.25, 0.3) is 0 Å². The van der Waals surface area contributed by atoms with Gasteiger partial charge in [0.2, 0.25) is 0 Å². The first-order valence-corrected chi connectivity index (χ1v) is 15.3. The van der Waals surface area contributed by atoms with E-state index in [9.17, 15) is 0 Å². The minimum atomic E-state index is 0.948. The summed E-state index contributed by atoms with van der Waals surface area (Å²) >= 11 is 0. The molecule has 4 heteroatoms. The first kappa shape index (κ1) is 24.3. The van der Waals surface area contributed by atoms with Crippen molar-refractivity contribution in [3.05, 3.63) is 158 Å². The van der Waals surface area contributed by atoms with E-state index in [0.29, 0.717) is 0 Å². The molecule has 0 unspecified atom stereocenters. The highest BCUT2D eigenvalue weighted by atomic mass is 15.0. The zero-order chi connectivity index (χ0) is 29.5. The molecule has 0 radical (unpaired) electrons. The zero-order valence-electron chi connectivity index (χ0n) is 24.3. The molecule has 0 N–H and O–H groups in total. The van der Waals surface area contributed by atoms with E-state index in [2.05, 4.69) is 147 Å². The fourth-order valence-electron chi connectivity index (χ4n) is 7.36. The quantitative estimate of drug-likeness (QED) is 0.206. The number of pyridine rings is 1. The van der Waals surface area contributed by atoms with Crippen LogP contribution in [0, 0.1) is 0 Å². The van der Waals surface area contributed by atoms with Crippen LogP contribution in [-0.4, -0.2) is 18.5 Å². The summed E-state index contributed by atoms with van der Waals surface area (Å²) in [4.78, 5) is 4.86. The smallest absolute Gasteiger partial charge is 0.137 e. The van der Waals surface area contributed by atoms with Crippen molar-refractivity contribution in [2.24, 2.45) is 0 Å². The molecule has 0 spiro atoms. The van der Waals surface area contributed by atoms with Crippen LogP contribution in [-0.2, 0) is 0 Å². The first-order valence-electron chi connectivity index (χ1n) is 15.3. The van der Waals surface area contributed by atoms with Gasteiger partial charge in [0, 0.05) is 61.6 Å². The van der Waals surface area contributed by atoms with Gasteiger partial charge in [-0.15, -0.1) is 0 Å². The van der Waals surface area contributed by atoms with E-state index >= 15 is 0 Å². The minimum Gasteiger partial charge on any atom is -0.309 e. The van der Waals surface area contributed by atoms with Gasteiger partial charge in [-0.25, -0.2) is 4.98 Å². The lowest BCUT2D eigenvalue weighted by molar-refractivity contribution is 1.18. The Bertz CT molecular complexity index is 2710. The molecule has 0 saturated heterocycles. The maximum absolute atomic E-state index is 4.86. The van der Waals surface area contributed by atoms with Crippen molar-refractivity contribution >= 4 is 60.0 Å². The van der Waals surface area contributed by atoms with Gasteiger partial charge >= 0.3 is 0 Å². The zero-order valence-corrected chi connectivity index (χ0v) is 24.3. The Morgan fingerprint density at radius 3 is 1.53 bits per heavy atom. The van der Waals surface area contributed by atoms with Gasteiger partial charge in [0.05, 0.1) is 27.8 Å². The number of nitrogens with zero attached hydrogens (tertiary/aromatic N) is 4. The molecule has 0 aliphatic heterocycles. The van der Waals surface area contributed by atoms with E-state index < -0.39 is 0 Å². The van der Waals surface area contributed by atoms with Crippen LogP contribution in [0.3, 0.4) is 0 Å². The van der Waals surface area contributed by atoms with Crippen LogP contribution in [0.15, 0.2) is 158 Å². The number of rotatable bonds is 3. The molecule has 4 aromatic heterocycles. The normalized spacial score (nSPS) is 12.0. The molecule has 0 aliphatic carbocycles. The Balaban J connectivity index is 1.34. The van der Waals surface area contributed by atoms with Gasteiger partial charge in [-0.3, -0.25) is 0 Å². The molecule has 6 aromatic carbocycles. The van der Waals surface area contributed by atoms with Crippen LogP contribution in [0.4, 0.5) is 0 Å². The second-order valence-corrected chi connectivity index (χ2v) is 11.7. The molecule has 4 heterocycles. The lowest BCUT2D eigenvalue weighted by Gasteiger charge is -2.13. The molecule has 0 fully saturated rings. The molecule has 10 aromatic rings. The highest BCUT2D eigenvalue weighted by Crippen LogP contribution is 2.46. The minimum absolute atomic E-state index is 0.948. The number of aromatic nitrogens is 4. The molecular weight excluding hydrogens is 548 g/mol. The van der Waals surface area contributed by atoms with E-state index in [4.69, 9.17) is 4.98 Å². The van der Waals surface area contributed by atoms with Crippen LogP contribution in [0.2, 0.25) is 0 Å². The predicted octanol–water partition coefficient (Wildman–Crippen LogP) is 10.3. The van der Waals surface area contributed by atoms with E-state index in [0.717, 1.165) is 22.6 Å². The van der Waals surface area contributed by atoms with Crippen LogP contribution in [0.5, 0.6) is 0 Å². The van der Waals surface area contributed by atoms with E-state index in [1.807, 2.05) is 24.4 Å². The number of fused-ring (bicyclic) bond motifs is 11. The summed E-state index contributed by atoms with van der Waals surface area (Å²) in [6.45, 7) is 0. The SMILES string of the molecule is c1ccc(-n2c3ccccc3c3c4c5ccccc5n(-c5ccc(-c6cn7ccccc7n6)cc5)c4c4ccccc4c32)cc1. The topological polar surface area (TPSA) is 27.2 Å². The highest BCUT2D eigenvalue weighted by molar-refractivity contribution is 6.37. The average Bonchev–Trinajstić information content (AvgIpc) is 3.79. The number of benzene rings is 6. The fourth-order valence-corrected chi connectivity index (χ4v) is 7.36. The summed E-state index contributed by atoms with van der Waals surface area (Å²) in [6.07, 6.45) is 4.14. The molecule has 210 valence electrons. The number of hydrogen-bond donors (Lipinski definition) is 0. The van der Waals surface area contributed by atoms with Crippen molar-refractivity contribution in [1.82, 2.24) is 18.5 Å². The van der Waals surface area contributed by atoms with E-state index in [-0.39, 0.29) is 0 Å². The maximum atomic E-state index is 4.86. The van der Waals surface area contributed by atoms with Crippen molar-refractivity contribution < 1.29 is 0 Å². The largest absolute Gasteiger partial charge is 0.309 e. The molecule has 4 nitrogen and oxygen atoms in total. The standard InChI is InChI=1S/C41H26N4/c1-2-12-28(13-3-1)44-35-18-8-6-16-32(35)38-39-33-17-7-9-19-36(33)45(41(39)31-15-5-4-14-30(31)40(38)44)29-23-21-27(22-24-29)34-26-43-25-11-10-20-37(43)42-34/h1-26H. The molecule has 10 rings (SSSR count). The van der Waals surface area contributed by atoms with Crippen molar-refractivity contribution in [1.29, 1.82) is 0 Å². The predicted molar refractivity (Wildman–Crippen MR) is 187 cm³/mol. The van der Waals surface area contributed by atoms with Gasteiger partial charge in [-0.1, -0.05) is 97.1 Å². The molecule has 45 heavy (non-hydrogen) atoms. The monoisotopic (exact) mass is 574 g/mol. The van der Waals surface area contributed by atoms with Gasteiger partial charge in [0.15, 0.2) is 0 Å². The van der Waals surface area contributed by atoms with Crippen LogP contribution in [0.1, 0.15) is 0 Å². The molecule has 0 aliphatic rings. The lowest BCUT2D eigenvalue weighted by atomic mass is 9.99. The van der Waals surface area contributed by atoms with Crippen molar-refractivity contribution in [2.75, 3.05) is 0 Å². The second-order valence-electron chi connectivity index (χ2n) is 11.7. The van der Waals surface area contributed by atoms with Gasteiger partial charge in [-0.2, -0.15) is 0 Å². The van der Waals surface area contributed by atoms with Gasteiger partial charge in [-0.05, 0) is 48.5 Å². The molecular formula is C41H26N4. The summed E-state index contributed by atoms with van der Waals surface area (Å²) in [5, 5.41) is 7.57. The molecule has 0 atom stereocenters. The number of imidazole rings is 1. The van der Waals surface area contributed by atoms with Crippen molar-refractivity contribution in [3.8, 4) is 22.6 Å². The number of hydrogen-bond acceptors (Lipinski definition) is 1. The summed E-state index contributed by atoms with van der Waals surface area (Å²) < 4.78 is 6.97. The summed E-state index contributed by atoms with van der Waals surface area (Å²) in [5.41, 5.74) is 10.2. The summed E-state index contributed by atoms with van der Waals surface area (Å²) in [5.74, 6) is 0. The van der Waals surface area contributed by atoms with Crippen molar-refractivity contribution in [3.63, 3.8) is 0 Å². The fraction of sp³-hybridized carbons (Fsp3) is 0. The Hall–Kier alpha value is -6.13. The third kappa shape index (κ3) is 3.39. The first-order chi connectivity index (χ1) is 22.3. The Morgan fingerprint density at radius 1 is 0.422 bits per heavy atom. The third-order valence-electron chi connectivity index (χ3n) is 9.24. The molecule has 0 saturated carbocycles. The van der Waals surface area contributed by atoms with E-state index in [1.165, 1.54) is 60.1 Å². The van der Waals surface area contributed by atoms with Crippen LogP contribution >= 0.6 is 0 Å². The molecule has 0 bridgehead atoms. The van der Waals surface area contributed by atoms with E-state index in [1.54, 1.807) is 0 Å². The lowest BCUT2D eigenvalue weighted by Crippen LogP contribution is -1.96. The Morgan fingerprint density at radius 2 is 0.933 bits per heavy atom. The highest BCUT2D eigenvalue weighted by Gasteiger charge is 2.24. The van der Waals surface area contributed by atoms with Gasteiger partial charge in [0.1, 0.15) is 5.65 Å².